The van der Waals surface area contributed by atoms with E-state index in [-0.39, 0.29) is 24.5 Å². The minimum absolute atomic E-state index is 0.0257. The Morgan fingerprint density at radius 3 is 2.80 bits per heavy atom. The van der Waals surface area contributed by atoms with Crippen LogP contribution in [0.4, 0.5) is 5.69 Å². The van der Waals surface area contributed by atoms with Gasteiger partial charge in [-0.1, -0.05) is 0 Å². The normalized spacial score (nSPS) is 15.3. The first kappa shape index (κ1) is 9.71. The van der Waals surface area contributed by atoms with Gasteiger partial charge >= 0.3 is 0 Å². The zero-order valence-electron chi connectivity index (χ0n) is 8.37. The second-order valence-corrected chi connectivity index (χ2v) is 3.38. The molecule has 0 unspecified atom stereocenters. The van der Waals surface area contributed by atoms with Gasteiger partial charge in [0.1, 0.15) is 5.75 Å². The number of hydrogen-bond donors (Lipinski definition) is 1. The van der Waals surface area contributed by atoms with Gasteiger partial charge in [0.2, 0.25) is 5.91 Å². The summed E-state index contributed by atoms with van der Waals surface area (Å²) < 4.78 is 5.03. The molecule has 0 fully saturated rings. The number of rotatable bonds is 1. The lowest BCUT2D eigenvalue weighted by molar-refractivity contribution is -0.116. The predicted octanol–water partition coefficient (Wildman–Crippen LogP) is 1.61. The third-order valence-electron chi connectivity index (χ3n) is 2.38. The van der Waals surface area contributed by atoms with E-state index in [1.807, 2.05) is 0 Å². The summed E-state index contributed by atoms with van der Waals surface area (Å²) in [6, 6.07) is 5.07. The number of ketones is 1. The van der Waals surface area contributed by atoms with Gasteiger partial charge in [0, 0.05) is 18.4 Å². The topological polar surface area (TPSA) is 55.4 Å². The molecular formula is C11H11NO3. The molecule has 0 aliphatic carbocycles. The maximum Gasteiger partial charge on any atom is 0.224 e. The number of methoxy groups -OCH3 is 1. The van der Waals surface area contributed by atoms with E-state index in [1.165, 1.54) is 0 Å². The highest BCUT2D eigenvalue weighted by atomic mass is 16.5. The van der Waals surface area contributed by atoms with Crippen molar-refractivity contribution in [1.82, 2.24) is 0 Å². The number of benzene rings is 1. The monoisotopic (exact) mass is 205 g/mol. The molecule has 0 atom stereocenters. The largest absolute Gasteiger partial charge is 0.497 e. The molecule has 1 aliphatic rings. The lowest BCUT2D eigenvalue weighted by Crippen LogP contribution is -2.09. The van der Waals surface area contributed by atoms with Gasteiger partial charge in [-0.15, -0.1) is 0 Å². The molecular weight excluding hydrogens is 194 g/mol. The van der Waals surface area contributed by atoms with Crippen LogP contribution in [-0.2, 0) is 4.79 Å². The number of nitrogens with one attached hydrogen (secondary N) is 1. The quantitative estimate of drug-likeness (QED) is 0.757. The van der Waals surface area contributed by atoms with Crippen LogP contribution in [-0.4, -0.2) is 18.8 Å². The summed E-state index contributed by atoms with van der Waals surface area (Å²) in [5.74, 6) is 0.479. The smallest absolute Gasteiger partial charge is 0.224 e. The Bertz CT molecular complexity index is 426. The van der Waals surface area contributed by atoms with E-state index in [4.69, 9.17) is 4.74 Å². The number of hydrogen-bond acceptors (Lipinski definition) is 3. The fourth-order valence-corrected chi connectivity index (χ4v) is 1.56. The van der Waals surface area contributed by atoms with Gasteiger partial charge in [-0.05, 0) is 18.2 Å². The first-order chi connectivity index (χ1) is 7.20. The minimum Gasteiger partial charge on any atom is -0.497 e. The van der Waals surface area contributed by atoms with Crippen molar-refractivity contribution >= 4 is 17.4 Å². The van der Waals surface area contributed by atoms with E-state index in [1.54, 1.807) is 25.3 Å². The molecule has 0 radical (unpaired) electrons. The van der Waals surface area contributed by atoms with E-state index in [2.05, 4.69) is 5.32 Å². The molecule has 0 saturated carbocycles. The molecule has 2 rings (SSSR count). The van der Waals surface area contributed by atoms with Crippen molar-refractivity contribution in [3.8, 4) is 5.75 Å². The molecule has 78 valence electrons. The SMILES string of the molecule is COc1ccc2c(c1)C(=O)CCC(=O)N2. The minimum atomic E-state index is -0.118. The molecule has 4 heteroatoms. The third-order valence-corrected chi connectivity index (χ3v) is 2.38. The molecule has 1 aliphatic heterocycles. The number of Topliss-reactive ketones (excluding diaryl/α,β-unsaturated/α-hetero) is 1. The predicted molar refractivity (Wildman–Crippen MR) is 55.2 cm³/mol. The van der Waals surface area contributed by atoms with Crippen molar-refractivity contribution in [2.24, 2.45) is 0 Å². The van der Waals surface area contributed by atoms with E-state index in [9.17, 15) is 9.59 Å². The highest BCUT2D eigenvalue weighted by Gasteiger charge is 2.19. The summed E-state index contributed by atoms with van der Waals surface area (Å²) in [5, 5.41) is 2.69. The summed E-state index contributed by atoms with van der Waals surface area (Å²) in [4.78, 5) is 22.9. The average molecular weight is 205 g/mol. The van der Waals surface area contributed by atoms with E-state index in [0.717, 1.165) is 0 Å². The fourth-order valence-electron chi connectivity index (χ4n) is 1.56. The van der Waals surface area contributed by atoms with E-state index < -0.39 is 0 Å². The fraction of sp³-hybridized carbons (Fsp3) is 0.273. The van der Waals surface area contributed by atoms with Crippen molar-refractivity contribution in [3.05, 3.63) is 23.8 Å². The third kappa shape index (κ3) is 1.83. The van der Waals surface area contributed by atoms with E-state index in [0.29, 0.717) is 17.0 Å². The van der Waals surface area contributed by atoms with Gasteiger partial charge in [0.05, 0.1) is 12.8 Å². The maximum atomic E-state index is 11.7. The summed E-state index contributed by atoms with van der Waals surface area (Å²) in [6.07, 6.45) is 0.502. The standard InChI is InChI=1S/C11H11NO3/c1-15-7-2-3-9-8(6-7)10(13)4-5-11(14)12-9/h2-3,6H,4-5H2,1H3,(H,12,14). The van der Waals surface area contributed by atoms with Crippen LogP contribution in [0.2, 0.25) is 0 Å². The van der Waals surface area contributed by atoms with Crippen molar-refractivity contribution in [2.45, 2.75) is 12.8 Å². The number of fused-ring (bicyclic) bond motifs is 1. The summed E-state index contributed by atoms with van der Waals surface area (Å²) in [6.45, 7) is 0. The molecule has 15 heavy (non-hydrogen) atoms. The molecule has 0 aromatic heterocycles. The van der Waals surface area contributed by atoms with Crippen molar-refractivity contribution in [2.75, 3.05) is 12.4 Å². The molecule has 0 spiro atoms. The number of carbonyl (C=O) groups excluding carboxylic acids is 2. The highest BCUT2D eigenvalue weighted by Crippen LogP contribution is 2.26. The highest BCUT2D eigenvalue weighted by molar-refractivity contribution is 6.09. The van der Waals surface area contributed by atoms with Crippen LogP contribution in [0.3, 0.4) is 0 Å². The van der Waals surface area contributed by atoms with Gasteiger partial charge in [-0.2, -0.15) is 0 Å². The Morgan fingerprint density at radius 2 is 2.07 bits per heavy atom. The Labute approximate surface area is 87.2 Å². The Balaban J connectivity index is 2.48. The van der Waals surface area contributed by atoms with Gasteiger partial charge in [-0.3, -0.25) is 9.59 Å². The Kier molecular flexibility index (Phi) is 2.41. The zero-order valence-corrected chi connectivity index (χ0v) is 8.37. The van der Waals surface area contributed by atoms with E-state index >= 15 is 0 Å². The van der Waals surface area contributed by atoms with Crippen LogP contribution in [0.25, 0.3) is 0 Å². The van der Waals surface area contributed by atoms with Crippen molar-refractivity contribution < 1.29 is 14.3 Å². The molecule has 4 nitrogen and oxygen atoms in total. The Morgan fingerprint density at radius 1 is 1.27 bits per heavy atom. The van der Waals surface area contributed by atoms with Gasteiger partial charge < -0.3 is 10.1 Å². The average Bonchev–Trinajstić information content (AvgIpc) is 2.39. The van der Waals surface area contributed by atoms with Crippen molar-refractivity contribution in [1.29, 1.82) is 0 Å². The van der Waals surface area contributed by atoms with Crippen LogP contribution < -0.4 is 10.1 Å². The summed E-state index contributed by atoms with van der Waals surface area (Å²) in [7, 11) is 1.54. The van der Waals surface area contributed by atoms with Gasteiger partial charge in [0.25, 0.3) is 0 Å². The van der Waals surface area contributed by atoms with Crippen LogP contribution in [0.15, 0.2) is 18.2 Å². The molecule has 1 amide bonds. The second-order valence-electron chi connectivity index (χ2n) is 3.38. The number of ether oxygens (including phenoxy) is 1. The lowest BCUT2D eigenvalue weighted by Gasteiger charge is -2.07. The number of carbonyl (C=O) groups is 2. The zero-order chi connectivity index (χ0) is 10.8. The van der Waals surface area contributed by atoms with Crippen LogP contribution >= 0.6 is 0 Å². The first-order valence-electron chi connectivity index (χ1n) is 4.72. The summed E-state index contributed by atoms with van der Waals surface area (Å²) >= 11 is 0. The molecule has 0 bridgehead atoms. The van der Waals surface area contributed by atoms with Crippen LogP contribution in [0, 0.1) is 0 Å². The molecule has 1 aromatic rings. The number of amides is 1. The van der Waals surface area contributed by atoms with Gasteiger partial charge in [0.15, 0.2) is 5.78 Å². The molecule has 0 saturated heterocycles. The van der Waals surface area contributed by atoms with Crippen molar-refractivity contribution in [3.63, 3.8) is 0 Å². The first-order valence-corrected chi connectivity index (χ1v) is 4.72. The molecule has 1 aromatic carbocycles. The maximum absolute atomic E-state index is 11.7. The Hall–Kier alpha value is -1.84. The lowest BCUT2D eigenvalue weighted by atomic mass is 10.1. The molecule has 1 heterocycles. The molecule has 1 N–H and O–H groups in total. The second kappa shape index (κ2) is 3.73. The number of anilines is 1. The van der Waals surface area contributed by atoms with Crippen LogP contribution in [0.1, 0.15) is 23.2 Å². The van der Waals surface area contributed by atoms with Gasteiger partial charge in [-0.25, -0.2) is 0 Å². The summed E-state index contributed by atoms with van der Waals surface area (Å²) in [5.41, 5.74) is 1.10. The van der Waals surface area contributed by atoms with Crippen LogP contribution in [0.5, 0.6) is 5.75 Å².